The monoisotopic (exact) mass is 320 g/mol. The third-order valence-electron chi connectivity index (χ3n) is 6.60. The first-order chi connectivity index (χ1) is 11.3. The Labute approximate surface area is 140 Å². The summed E-state index contributed by atoms with van der Waals surface area (Å²) in [5, 5.41) is 3.64. The van der Waals surface area contributed by atoms with Crippen LogP contribution in [0, 0.1) is 5.92 Å². The van der Waals surface area contributed by atoms with Crippen molar-refractivity contribution in [2.75, 3.05) is 13.1 Å². The topological polar surface area (TPSA) is 41.6 Å². The molecule has 2 aliphatic carbocycles. The van der Waals surface area contributed by atoms with Gasteiger partial charge in [0.15, 0.2) is 0 Å². The van der Waals surface area contributed by atoms with Gasteiger partial charge in [-0.2, -0.15) is 0 Å². The molecule has 130 valence electrons. The van der Waals surface area contributed by atoms with Gasteiger partial charge in [-0.1, -0.05) is 25.7 Å². The van der Waals surface area contributed by atoms with Crippen LogP contribution in [0.5, 0.6) is 0 Å². The molecule has 0 radical (unpaired) electrons. The van der Waals surface area contributed by atoms with Gasteiger partial charge in [-0.05, 0) is 50.9 Å². The number of hydrogen-bond donors (Lipinski definition) is 1. The summed E-state index contributed by atoms with van der Waals surface area (Å²) in [7, 11) is 0. The highest BCUT2D eigenvalue weighted by Gasteiger charge is 2.40. The smallest absolute Gasteiger partial charge is 0.239 e. The minimum absolute atomic E-state index is 0.0930. The summed E-state index contributed by atoms with van der Waals surface area (Å²) < 4.78 is 6.23. The molecule has 0 aromatic carbocycles. The maximum Gasteiger partial charge on any atom is 0.239 e. The molecule has 0 bridgehead atoms. The molecular weight excluding hydrogens is 288 g/mol. The summed E-state index contributed by atoms with van der Waals surface area (Å²) in [4.78, 5) is 14.9. The van der Waals surface area contributed by atoms with Crippen LogP contribution in [0.25, 0.3) is 0 Å². The zero-order chi connectivity index (χ0) is 15.6. The molecule has 4 rings (SSSR count). The van der Waals surface area contributed by atoms with Gasteiger partial charge in [0.2, 0.25) is 5.91 Å². The van der Waals surface area contributed by atoms with Crippen LogP contribution >= 0.6 is 0 Å². The summed E-state index contributed by atoms with van der Waals surface area (Å²) in [6, 6.07) is 0.705. The van der Waals surface area contributed by atoms with Crippen molar-refractivity contribution in [2.45, 2.75) is 94.9 Å². The molecule has 3 unspecified atom stereocenters. The van der Waals surface area contributed by atoms with Gasteiger partial charge in [-0.15, -0.1) is 0 Å². The molecule has 0 aromatic rings. The lowest BCUT2D eigenvalue weighted by Gasteiger charge is -2.34. The molecule has 4 aliphatic rings. The van der Waals surface area contributed by atoms with E-state index in [1.54, 1.807) is 0 Å². The van der Waals surface area contributed by atoms with Crippen LogP contribution in [0.15, 0.2) is 0 Å². The average molecular weight is 320 g/mol. The van der Waals surface area contributed by atoms with Crippen molar-refractivity contribution in [3.63, 3.8) is 0 Å². The molecule has 1 amide bonds. The standard InChI is InChI=1S/C19H32N2O2/c22-19(18-13-14-5-1-4-8-17(14)20-18)21-11-9-16(10-12-21)23-15-6-2-3-7-15/h14-18,20H,1-13H2. The summed E-state index contributed by atoms with van der Waals surface area (Å²) in [5.74, 6) is 1.11. The van der Waals surface area contributed by atoms with E-state index >= 15 is 0 Å². The number of fused-ring (bicyclic) bond motifs is 1. The molecule has 1 N–H and O–H groups in total. The van der Waals surface area contributed by atoms with Crippen molar-refractivity contribution in [1.29, 1.82) is 0 Å². The largest absolute Gasteiger partial charge is 0.375 e. The predicted molar refractivity (Wildman–Crippen MR) is 90.2 cm³/mol. The van der Waals surface area contributed by atoms with Crippen molar-refractivity contribution in [3.8, 4) is 0 Å². The number of nitrogens with one attached hydrogen (secondary N) is 1. The Morgan fingerprint density at radius 1 is 0.870 bits per heavy atom. The Hall–Kier alpha value is -0.610. The van der Waals surface area contributed by atoms with Gasteiger partial charge in [-0.25, -0.2) is 0 Å². The molecule has 3 atom stereocenters. The first-order valence-corrected chi connectivity index (χ1v) is 10.00. The van der Waals surface area contributed by atoms with E-state index in [1.807, 2.05) is 0 Å². The number of likely N-dealkylation sites (tertiary alicyclic amines) is 1. The van der Waals surface area contributed by atoms with Crippen molar-refractivity contribution < 1.29 is 9.53 Å². The van der Waals surface area contributed by atoms with E-state index in [2.05, 4.69) is 10.2 Å². The lowest BCUT2D eigenvalue weighted by atomic mass is 9.85. The molecule has 2 heterocycles. The lowest BCUT2D eigenvalue weighted by Crippen LogP contribution is -2.49. The number of carbonyl (C=O) groups excluding carboxylic acids is 1. The van der Waals surface area contributed by atoms with Crippen molar-refractivity contribution in [1.82, 2.24) is 10.2 Å². The molecule has 4 nitrogen and oxygen atoms in total. The van der Waals surface area contributed by atoms with Crippen LogP contribution in [0.4, 0.5) is 0 Å². The van der Waals surface area contributed by atoms with Gasteiger partial charge in [0.1, 0.15) is 0 Å². The Morgan fingerprint density at radius 3 is 2.26 bits per heavy atom. The molecule has 2 saturated carbocycles. The fraction of sp³-hybridized carbons (Fsp3) is 0.947. The van der Waals surface area contributed by atoms with Crippen LogP contribution in [-0.2, 0) is 9.53 Å². The van der Waals surface area contributed by atoms with E-state index in [0.717, 1.165) is 38.3 Å². The number of ether oxygens (including phenoxy) is 1. The second kappa shape index (κ2) is 7.10. The van der Waals surface area contributed by atoms with Gasteiger partial charge in [0, 0.05) is 19.1 Å². The normalized spacial score (nSPS) is 36.3. The minimum Gasteiger partial charge on any atom is -0.375 e. The number of piperidine rings is 1. The van der Waals surface area contributed by atoms with Crippen molar-refractivity contribution in [3.05, 3.63) is 0 Å². The highest BCUT2D eigenvalue weighted by molar-refractivity contribution is 5.82. The minimum atomic E-state index is 0.0930. The van der Waals surface area contributed by atoms with E-state index in [9.17, 15) is 4.79 Å². The van der Waals surface area contributed by atoms with Gasteiger partial charge in [0.25, 0.3) is 0 Å². The second-order valence-electron chi connectivity index (χ2n) is 8.17. The Kier molecular flexibility index (Phi) is 4.91. The first-order valence-electron chi connectivity index (χ1n) is 10.00. The average Bonchev–Trinajstić information content (AvgIpc) is 3.24. The number of carbonyl (C=O) groups is 1. The molecule has 2 saturated heterocycles. The highest BCUT2D eigenvalue weighted by atomic mass is 16.5. The SMILES string of the molecule is O=C(C1CC2CCCCC2N1)N1CCC(OC2CCCC2)CC1. The molecule has 2 aliphatic heterocycles. The van der Waals surface area contributed by atoms with Crippen molar-refractivity contribution in [2.24, 2.45) is 5.92 Å². The van der Waals surface area contributed by atoms with Crippen LogP contribution in [0.2, 0.25) is 0 Å². The Balaban J connectivity index is 1.24. The molecule has 4 heteroatoms. The fourth-order valence-corrected chi connectivity index (χ4v) is 5.24. The maximum absolute atomic E-state index is 12.8. The van der Waals surface area contributed by atoms with E-state index < -0.39 is 0 Å². The third kappa shape index (κ3) is 3.58. The number of hydrogen-bond acceptors (Lipinski definition) is 3. The zero-order valence-electron chi connectivity index (χ0n) is 14.3. The summed E-state index contributed by atoms with van der Waals surface area (Å²) in [6.07, 6.45) is 14.4. The summed E-state index contributed by atoms with van der Waals surface area (Å²) in [5.41, 5.74) is 0. The van der Waals surface area contributed by atoms with Crippen molar-refractivity contribution >= 4 is 5.91 Å². The second-order valence-corrected chi connectivity index (χ2v) is 8.17. The van der Waals surface area contributed by atoms with E-state index in [1.165, 1.54) is 51.4 Å². The quantitative estimate of drug-likeness (QED) is 0.869. The number of amides is 1. The van der Waals surface area contributed by atoms with Crippen LogP contribution in [0.1, 0.15) is 70.6 Å². The third-order valence-corrected chi connectivity index (χ3v) is 6.60. The van der Waals surface area contributed by atoms with E-state index in [-0.39, 0.29) is 6.04 Å². The Bertz CT molecular complexity index is 400. The molecule has 23 heavy (non-hydrogen) atoms. The van der Waals surface area contributed by atoms with Gasteiger partial charge in [0.05, 0.1) is 18.2 Å². The lowest BCUT2D eigenvalue weighted by molar-refractivity contribution is -0.136. The van der Waals surface area contributed by atoms with Gasteiger partial charge >= 0.3 is 0 Å². The number of nitrogens with zero attached hydrogens (tertiary/aromatic N) is 1. The predicted octanol–water partition coefficient (Wildman–Crippen LogP) is 2.86. The summed E-state index contributed by atoms with van der Waals surface area (Å²) in [6.45, 7) is 1.79. The molecule has 4 fully saturated rings. The highest BCUT2D eigenvalue weighted by Crippen LogP contribution is 2.34. The van der Waals surface area contributed by atoms with Gasteiger partial charge in [-0.3, -0.25) is 4.79 Å². The summed E-state index contributed by atoms with van der Waals surface area (Å²) >= 11 is 0. The molecule has 0 aromatic heterocycles. The first kappa shape index (κ1) is 15.9. The van der Waals surface area contributed by atoms with Crippen LogP contribution in [0.3, 0.4) is 0 Å². The fourth-order valence-electron chi connectivity index (χ4n) is 5.24. The Morgan fingerprint density at radius 2 is 1.52 bits per heavy atom. The maximum atomic E-state index is 12.8. The zero-order valence-corrected chi connectivity index (χ0v) is 14.3. The van der Waals surface area contributed by atoms with Gasteiger partial charge < -0.3 is 15.0 Å². The van der Waals surface area contributed by atoms with E-state index in [4.69, 9.17) is 4.74 Å². The van der Waals surface area contributed by atoms with Crippen LogP contribution < -0.4 is 5.32 Å². The molecular formula is C19H32N2O2. The van der Waals surface area contributed by atoms with Crippen LogP contribution in [-0.4, -0.2) is 48.2 Å². The number of rotatable bonds is 3. The molecule has 0 spiro atoms. The van der Waals surface area contributed by atoms with E-state index in [0.29, 0.717) is 24.2 Å².